The number of rotatable bonds is 3. The summed E-state index contributed by atoms with van der Waals surface area (Å²) in [6, 6.07) is 1.76. The normalized spacial score (nSPS) is 23.2. The summed E-state index contributed by atoms with van der Waals surface area (Å²) in [4.78, 5) is 22.9. The number of nitrogens with two attached hydrogens (primary N) is 1. The van der Waals surface area contributed by atoms with Gasteiger partial charge in [0.15, 0.2) is 0 Å². The Balaban J connectivity index is 2.40. The Hall–Kier alpha value is -2.17. The van der Waals surface area contributed by atoms with E-state index < -0.39 is 11.3 Å². The second-order valence-electron chi connectivity index (χ2n) is 4.06. The molecule has 1 aliphatic carbocycles. The second kappa shape index (κ2) is 4.01. The van der Waals surface area contributed by atoms with Crippen LogP contribution in [0.15, 0.2) is 36.1 Å². The molecule has 0 spiro atoms. The third kappa shape index (κ3) is 1.80. The van der Waals surface area contributed by atoms with Crippen LogP contribution in [0, 0.1) is 0 Å². The monoisotopic (exact) mass is 231 g/mol. The van der Waals surface area contributed by atoms with Crippen LogP contribution in [-0.2, 0) is 15.0 Å². The van der Waals surface area contributed by atoms with Crippen molar-refractivity contribution in [2.24, 2.45) is 5.73 Å². The van der Waals surface area contributed by atoms with E-state index in [9.17, 15) is 9.59 Å². The highest BCUT2D eigenvalue weighted by Crippen LogP contribution is 2.33. The number of nitrogens with one attached hydrogen (secondary N) is 1. The van der Waals surface area contributed by atoms with Crippen LogP contribution < -0.4 is 5.73 Å². The van der Waals surface area contributed by atoms with E-state index >= 15 is 0 Å². The van der Waals surface area contributed by atoms with Crippen LogP contribution in [0.25, 0.3) is 0 Å². The first-order chi connectivity index (χ1) is 8.06. The molecule has 2 rings (SSSR count). The molecule has 0 aliphatic heterocycles. The quantitative estimate of drug-likeness (QED) is 0.798. The van der Waals surface area contributed by atoms with E-state index in [0.717, 1.165) is 5.69 Å². The molecule has 1 atom stereocenters. The first kappa shape index (κ1) is 11.3. The van der Waals surface area contributed by atoms with E-state index in [0.29, 0.717) is 12.0 Å². The lowest BCUT2D eigenvalue weighted by molar-refractivity contribution is -0.121. The van der Waals surface area contributed by atoms with Gasteiger partial charge in [-0.25, -0.2) is 0 Å². The zero-order valence-electron chi connectivity index (χ0n) is 9.43. The van der Waals surface area contributed by atoms with Crippen LogP contribution in [0.3, 0.4) is 0 Å². The maximum Gasteiger partial charge on any atom is 0.248 e. The Labute approximate surface area is 98.4 Å². The summed E-state index contributed by atoms with van der Waals surface area (Å²) < 4.78 is 0. The van der Waals surface area contributed by atoms with E-state index in [2.05, 4.69) is 10.2 Å². The van der Waals surface area contributed by atoms with Gasteiger partial charge in [-0.3, -0.25) is 14.7 Å². The number of carbonyl (C=O) groups is 2. The van der Waals surface area contributed by atoms with Crippen molar-refractivity contribution in [3.63, 3.8) is 0 Å². The molecule has 1 heterocycles. The van der Waals surface area contributed by atoms with Gasteiger partial charge in [0.1, 0.15) is 5.78 Å². The lowest BCUT2D eigenvalue weighted by atomic mass is 9.74. The number of Topliss-reactive ketones (excluding diaryl/α,β-unsaturated/α-hetero) is 1. The molecule has 1 unspecified atom stereocenters. The summed E-state index contributed by atoms with van der Waals surface area (Å²) in [5.74, 6) is -0.485. The Morgan fingerprint density at radius 1 is 1.53 bits per heavy atom. The number of allylic oxidation sites excluding steroid dienone is 2. The van der Waals surface area contributed by atoms with E-state index in [-0.39, 0.29) is 5.78 Å². The predicted molar refractivity (Wildman–Crippen MR) is 62.0 cm³/mol. The highest BCUT2D eigenvalue weighted by molar-refractivity contribution is 5.97. The standard InChI is InChI=1S/C12H13N3O2/c1-8(16)12(10-4-7-14-15-10)5-2-9(3-6-12)11(13)17/h2-5,7H,6H2,1H3,(H2,13,17)(H,14,15). The summed E-state index contributed by atoms with van der Waals surface area (Å²) in [5, 5.41) is 6.66. The van der Waals surface area contributed by atoms with E-state index in [1.54, 1.807) is 30.5 Å². The van der Waals surface area contributed by atoms with E-state index in [1.165, 1.54) is 6.92 Å². The smallest absolute Gasteiger partial charge is 0.248 e. The van der Waals surface area contributed by atoms with Crippen molar-refractivity contribution < 1.29 is 9.59 Å². The number of ketones is 1. The zero-order valence-corrected chi connectivity index (χ0v) is 9.43. The van der Waals surface area contributed by atoms with Crippen molar-refractivity contribution in [3.05, 3.63) is 41.8 Å². The topological polar surface area (TPSA) is 88.8 Å². The molecule has 0 aromatic carbocycles. The minimum atomic E-state index is -0.755. The molecule has 0 radical (unpaired) electrons. The largest absolute Gasteiger partial charge is 0.366 e. The van der Waals surface area contributed by atoms with Gasteiger partial charge in [0.2, 0.25) is 5.91 Å². The van der Waals surface area contributed by atoms with Gasteiger partial charge in [-0.05, 0) is 19.4 Å². The first-order valence-corrected chi connectivity index (χ1v) is 5.26. The van der Waals surface area contributed by atoms with Crippen LogP contribution in [0.1, 0.15) is 19.0 Å². The zero-order chi connectivity index (χ0) is 12.5. The molecule has 17 heavy (non-hydrogen) atoms. The van der Waals surface area contributed by atoms with Crippen molar-refractivity contribution in [1.29, 1.82) is 0 Å². The second-order valence-corrected chi connectivity index (χ2v) is 4.06. The molecular weight excluding hydrogens is 218 g/mol. The van der Waals surface area contributed by atoms with Gasteiger partial charge in [-0.15, -0.1) is 0 Å². The number of hydrogen-bond donors (Lipinski definition) is 2. The number of amides is 1. The molecular formula is C12H13N3O2. The van der Waals surface area contributed by atoms with Crippen molar-refractivity contribution in [2.45, 2.75) is 18.8 Å². The molecule has 5 nitrogen and oxygen atoms in total. The van der Waals surface area contributed by atoms with Gasteiger partial charge < -0.3 is 5.73 Å². The van der Waals surface area contributed by atoms with E-state index in [4.69, 9.17) is 5.73 Å². The fraction of sp³-hybridized carbons (Fsp3) is 0.250. The molecule has 1 amide bonds. The molecule has 3 N–H and O–H groups in total. The maximum absolute atomic E-state index is 11.9. The fourth-order valence-corrected chi connectivity index (χ4v) is 1.98. The number of aromatic nitrogens is 2. The molecule has 5 heteroatoms. The number of aromatic amines is 1. The summed E-state index contributed by atoms with van der Waals surface area (Å²) in [6.45, 7) is 1.52. The van der Waals surface area contributed by atoms with Gasteiger partial charge in [0.05, 0.1) is 11.1 Å². The Kier molecular flexibility index (Phi) is 2.67. The lowest BCUT2D eigenvalue weighted by Crippen LogP contribution is -2.34. The Morgan fingerprint density at radius 3 is 2.71 bits per heavy atom. The minimum Gasteiger partial charge on any atom is -0.366 e. The van der Waals surface area contributed by atoms with Crippen LogP contribution >= 0.6 is 0 Å². The Bertz CT molecular complexity index is 514. The third-order valence-electron chi connectivity index (χ3n) is 3.09. The molecule has 1 aromatic heterocycles. The summed E-state index contributed by atoms with van der Waals surface area (Å²) in [6.07, 6.45) is 7.00. The van der Waals surface area contributed by atoms with Gasteiger partial charge in [-0.1, -0.05) is 18.2 Å². The number of hydrogen-bond acceptors (Lipinski definition) is 3. The highest BCUT2D eigenvalue weighted by atomic mass is 16.1. The highest BCUT2D eigenvalue weighted by Gasteiger charge is 2.37. The van der Waals surface area contributed by atoms with Crippen LogP contribution in [-0.4, -0.2) is 21.9 Å². The van der Waals surface area contributed by atoms with Gasteiger partial charge >= 0.3 is 0 Å². The minimum absolute atomic E-state index is 0.00206. The van der Waals surface area contributed by atoms with Crippen LogP contribution in [0.2, 0.25) is 0 Å². The summed E-state index contributed by atoms with van der Waals surface area (Å²) in [7, 11) is 0. The molecule has 0 fully saturated rings. The SMILES string of the molecule is CC(=O)C1(c2ccn[nH]2)C=CC(C(N)=O)=CC1. The number of primary amides is 1. The van der Waals surface area contributed by atoms with Crippen molar-refractivity contribution in [2.75, 3.05) is 0 Å². The molecule has 0 saturated heterocycles. The molecule has 88 valence electrons. The van der Waals surface area contributed by atoms with Gasteiger partial charge in [0, 0.05) is 11.8 Å². The average molecular weight is 231 g/mol. The Morgan fingerprint density at radius 2 is 2.29 bits per heavy atom. The van der Waals surface area contributed by atoms with Crippen molar-refractivity contribution >= 4 is 11.7 Å². The van der Waals surface area contributed by atoms with Crippen molar-refractivity contribution in [3.8, 4) is 0 Å². The maximum atomic E-state index is 11.9. The molecule has 0 saturated carbocycles. The van der Waals surface area contributed by atoms with Gasteiger partial charge in [-0.2, -0.15) is 5.10 Å². The van der Waals surface area contributed by atoms with Crippen LogP contribution in [0.5, 0.6) is 0 Å². The number of nitrogens with zero attached hydrogens (tertiary/aromatic N) is 1. The lowest BCUT2D eigenvalue weighted by Gasteiger charge is -2.27. The van der Waals surface area contributed by atoms with Crippen LogP contribution in [0.4, 0.5) is 0 Å². The average Bonchev–Trinajstić information content (AvgIpc) is 2.82. The van der Waals surface area contributed by atoms with E-state index in [1.807, 2.05) is 0 Å². The molecule has 1 aliphatic rings. The van der Waals surface area contributed by atoms with Crippen molar-refractivity contribution in [1.82, 2.24) is 10.2 Å². The summed E-state index contributed by atoms with van der Waals surface area (Å²) in [5.41, 5.74) is 5.59. The third-order valence-corrected chi connectivity index (χ3v) is 3.09. The number of carbonyl (C=O) groups excluding carboxylic acids is 2. The molecule has 1 aromatic rings. The summed E-state index contributed by atoms with van der Waals surface area (Å²) >= 11 is 0. The fourth-order valence-electron chi connectivity index (χ4n) is 1.98. The molecule has 0 bridgehead atoms. The predicted octanol–water partition coefficient (Wildman–Crippen LogP) is 0.608. The first-order valence-electron chi connectivity index (χ1n) is 5.26. The number of H-pyrrole nitrogens is 1. The van der Waals surface area contributed by atoms with Gasteiger partial charge in [0.25, 0.3) is 0 Å².